The van der Waals surface area contributed by atoms with Crippen molar-refractivity contribution in [1.29, 1.82) is 0 Å². The second-order valence-corrected chi connectivity index (χ2v) is 5.14. The van der Waals surface area contributed by atoms with Crippen LogP contribution in [0.15, 0.2) is 0 Å². The molecule has 0 aromatic carbocycles. The average Bonchev–Trinajstić information content (AvgIpc) is 2.46. The average molecular weight is 278 g/mol. The summed E-state index contributed by atoms with van der Waals surface area (Å²) >= 11 is 3.35. The molecule has 1 amide bonds. The van der Waals surface area contributed by atoms with Gasteiger partial charge in [0.2, 0.25) is 5.91 Å². The molecule has 1 N–H and O–H groups in total. The van der Waals surface area contributed by atoms with Gasteiger partial charge in [0.15, 0.2) is 0 Å². The summed E-state index contributed by atoms with van der Waals surface area (Å²) in [6.07, 6.45) is 2.75. The van der Waals surface area contributed by atoms with Crippen molar-refractivity contribution in [3.05, 3.63) is 0 Å². The number of halogens is 1. The van der Waals surface area contributed by atoms with Gasteiger partial charge in [0.1, 0.15) is 6.04 Å². The molecule has 0 aromatic heterocycles. The fourth-order valence-corrected chi connectivity index (χ4v) is 2.39. The molecule has 1 saturated heterocycles. The highest BCUT2D eigenvalue weighted by Crippen LogP contribution is 2.22. The molecule has 0 aromatic rings. The first-order chi connectivity index (χ1) is 7.06. The number of aliphatic carboxylic acids is 1. The molecular formula is C10H16BrNO3. The lowest BCUT2D eigenvalue weighted by molar-refractivity contribution is -0.148. The molecule has 1 rings (SSSR count). The zero-order valence-electron chi connectivity index (χ0n) is 8.78. The van der Waals surface area contributed by atoms with Crippen LogP contribution in [-0.4, -0.2) is 39.3 Å². The van der Waals surface area contributed by atoms with Gasteiger partial charge in [0, 0.05) is 17.8 Å². The van der Waals surface area contributed by atoms with E-state index in [-0.39, 0.29) is 10.7 Å². The van der Waals surface area contributed by atoms with Gasteiger partial charge in [-0.15, -0.1) is 0 Å². The van der Waals surface area contributed by atoms with Crippen LogP contribution in [0.25, 0.3) is 0 Å². The van der Waals surface area contributed by atoms with Crippen molar-refractivity contribution in [3.8, 4) is 0 Å². The van der Waals surface area contributed by atoms with Crippen molar-refractivity contribution in [2.24, 2.45) is 0 Å². The van der Waals surface area contributed by atoms with Crippen LogP contribution in [0.3, 0.4) is 0 Å². The van der Waals surface area contributed by atoms with E-state index in [0.717, 1.165) is 12.8 Å². The lowest BCUT2D eigenvalue weighted by Crippen LogP contribution is -2.42. The summed E-state index contributed by atoms with van der Waals surface area (Å²) in [5.41, 5.74) is 0. The molecule has 15 heavy (non-hydrogen) atoms. The van der Waals surface area contributed by atoms with E-state index in [9.17, 15) is 9.59 Å². The van der Waals surface area contributed by atoms with Crippen LogP contribution in [-0.2, 0) is 9.59 Å². The van der Waals surface area contributed by atoms with E-state index in [4.69, 9.17) is 5.11 Å². The number of carbonyl (C=O) groups is 2. The second kappa shape index (κ2) is 5.49. The Balaban J connectivity index is 2.63. The van der Waals surface area contributed by atoms with Gasteiger partial charge in [-0.1, -0.05) is 35.7 Å². The minimum atomic E-state index is -0.890. The molecule has 0 saturated carbocycles. The maximum absolute atomic E-state index is 11.5. The highest BCUT2D eigenvalue weighted by Gasteiger charge is 2.36. The minimum Gasteiger partial charge on any atom is -0.480 e. The monoisotopic (exact) mass is 277 g/mol. The molecule has 4 nitrogen and oxygen atoms in total. The van der Waals surface area contributed by atoms with E-state index in [2.05, 4.69) is 15.9 Å². The molecule has 2 unspecified atom stereocenters. The van der Waals surface area contributed by atoms with Crippen LogP contribution in [0.2, 0.25) is 0 Å². The van der Waals surface area contributed by atoms with Crippen LogP contribution >= 0.6 is 15.9 Å². The highest BCUT2D eigenvalue weighted by atomic mass is 79.9. The molecule has 1 fully saturated rings. The van der Waals surface area contributed by atoms with Gasteiger partial charge < -0.3 is 10.0 Å². The Morgan fingerprint density at radius 3 is 2.80 bits per heavy atom. The summed E-state index contributed by atoms with van der Waals surface area (Å²) in [4.78, 5) is 24.2. The van der Waals surface area contributed by atoms with Gasteiger partial charge in [0.25, 0.3) is 0 Å². The molecule has 0 spiro atoms. The summed E-state index contributed by atoms with van der Waals surface area (Å²) < 4.78 is 0. The molecule has 1 aliphatic heterocycles. The first-order valence-electron chi connectivity index (χ1n) is 5.22. The first kappa shape index (κ1) is 12.5. The fourth-order valence-electron chi connectivity index (χ4n) is 1.80. The third kappa shape index (κ3) is 3.19. The number of nitrogens with zero attached hydrogens (tertiary/aromatic N) is 1. The Morgan fingerprint density at radius 1 is 1.73 bits per heavy atom. The number of unbranched alkanes of at least 4 members (excludes halogenated alkanes) is 1. The maximum Gasteiger partial charge on any atom is 0.326 e. The van der Waals surface area contributed by atoms with Crippen molar-refractivity contribution < 1.29 is 14.7 Å². The van der Waals surface area contributed by atoms with Crippen LogP contribution in [0.1, 0.15) is 32.6 Å². The molecule has 0 radical (unpaired) electrons. The van der Waals surface area contributed by atoms with Crippen molar-refractivity contribution in [3.63, 3.8) is 0 Å². The molecular weight excluding hydrogens is 262 g/mol. The lowest BCUT2D eigenvalue weighted by atomic mass is 10.1. The van der Waals surface area contributed by atoms with Crippen molar-refractivity contribution in [2.45, 2.75) is 43.5 Å². The number of carbonyl (C=O) groups excluding carboxylic acids is 1. The van der Waals surface area contributed by atoms with E-state index in [1.165, 1.54) is 4.90 Å². The maximum atomic E-state index is 11.5. The quantitative estimate of drug-likeness (QED) is 0.777. The largest absolute Gasteiger partial charge is 0.480 e. The summed E-state index contributed by atoms with van der Waals surface area (Å²) in [6, 6.07) is -0.639. The molecule has 1 aliphatic rings. The van der Waals surface area contributed by atoms with Gasteiger partial charge in [0.05, 0.1) is 0 Å². The number of hydrogen-bond donors (Lipinski definition) is 1. The first-order valence-corrected chi connectivity index (χ1v) is 6.14. The highest BCUT2D eigenvalue weighted by molar-refractivity contribution is 9.09. The number of amides is 1. The van der Waals surface area contributed by atoms with Crippen LogP contribution in [0, 0.1) is 0 Å². The topological polar surface area (TPSA) is 57.6 Å². The molecule has 1 heterocycles. The number of carboxylic acids is 1. The normalized spacial score (nSPS) is 23.2. The van der Waals surface area contributed by atoms with Crippen LogP contribution < -0.4 is 0 Å². The third-order valence-corrected chi connectivity index (χ3v) is 3.22. The summed E-state index contributed by atoms with van der Waals surface area (Å²) in [7, 11) is 0. The Hall–Kier alpha value is -0.580. The van der Waals surface area contributed by atoms with E-state index in [1.807, 2.05) is 6.92 Å². The lowest BCUT2D eigenvalue weighted by Gasteiger charge is -2.24. The Morgan fingerprint density at radius 2 is 2.40 bits per heavy atom. The number of hydrogen-bond acceptors (Lipinski definition) is 2. The molecule has 86 valence electrons. The van der Waals surface area contributed by atoms with Crippen molar-refractivity contribution in [1.82, 2.24) is 4.90 Å². The van der Waals surface area contributed by atoms with Crippen molar-refractivity contribution in [2.75, 3.05) is 6.54 Å². The molecule has 5 heteroatoms. The molecule has 0 bridgehead atoms. The smallest absolute Gasteiger partial charge is 0.326 e. The van der Waals surface area contributed by atoms with Gasteiger partial charge in [-0.3, -0.25) is 4.79 Å². The predicted molar refractivity (Wildman–Crippen MR) is 60.0 cm³/mol. The van der Waals surface area contributed by atoms with E-state index < -0.39 is 12.0 Å². The molecule has 2 atom stereocenters. The van der Waals surface area contributed by atoms with Gasteiger partial charge in [-0.25, -0.2) is 4.79 Å². The van der Waals surface area contributed by atoms with Crippen LogP contribution in [0.5, 0.6) is 0 Å². The van der Waals surface area contributed by atoms with Gasteiger partial charge in [-0.2, -0.15) is 0 Å². The molecule has 0 aliphatic carbocycles. The van der Waals surface area contributed by atoms with Crippen LogP contribution in [0.4, 0.5) is 0 Å². The van der Waals surface area contributed by atoms with E-state index in [1.54, 1.807) is 0 Å². The Labute approximate surface area is 97.8 Å². The zero-order chi connectivity index (χ0) is 11.4. The summed E-state index contributed by atoms with van der Waals surface area (Å²) in [6.45, 7) is 2.53. The number of rotatable bonds is 5. The minimum absolute atomic E-state index is 0.0552. The Kier molecular flexibility index (Phi) is 4.57. The van der Waals surface area contributed by atoms with Gasteiger partial charge >= 0.3 is 5.97 Å². The van der Waals surface area contributed by atoms with Gasteiger partial charge in [-0.05, 0) is 6.42 Å². The third-order valence-electron chi connectivity index (χ3n) is 2.60. The number of alkyl halides is 1. The van der Waals surface area contributed by atoms with E-state index in [0.29, 0.717) is 19.4 Å². The number of likely N-dealkylation sites (tertiary alicyclic amines) is 1. The fraction of sp³-hybridized carbons (Fsp3) is 0.800. The standard InChI is InChI=1S/C10H16BrNO3/c1-2-3-4-8(10(14)15)12-6-7(11)5-9(12)13/h7-8H,2-6H2,1H3,(H,14,15). The summed E-state index contributed by atoms with van der Waals surface area (Å²) in [5.74, 6) is -0.946. The predicted octanol–water partition coefficient (Wildman–Crippen LogP) is 1.63. The zero-order valence-corrected chi connectivity index (χ0v) is 10.4. The Bertz CT molecular complexity index is 257. The summed E-state index contributed by atoms with van der Waals surface area (Å²) in [5, 5.41) is 9.06. The second-order valence-electron chi connectivity index (χ2n) is 3.84. The van der Waals surface area contributed by atoms with E-state index >= 15 is 0 Å². The SMILES string of the molecule is CCCCC(C(=O)O)N1CC(Br)CC1=O. The van der Waals surface area contributed by atoms with Crippen molar-refractivity contribution >= 4 is 27.8 Å². The number of carboxylic acid groups (broad SMARTS) is 1.